The van der Waals surface area contributed by atoms with Crippen molar-refractivity contribution in [1.29, 1.82) is 0 Å². The zero-order chi connectivity index (χ0) is 14.7. The molecule has 0 atom stereocenters. The number of benzene rings is 1. The van der Waals surface area contributed by atoms with Gasteiger partial charge in [-0.15, -0.1) is 0 Å². The van der Waals surface area contributed by atoms with Gasteiger partial charge in [-0.1, -0.05) is 29.8 Å². The van der Waals surface area contributed by atoms with Crippen molar-refractivity contribution in [2.75, 3.05) is 0 Å². The molecular weight excluding hydrogens is 318 g/mol. The Hall–Kier alpha value is -1.46. The van der Waals surface area contributed by atoms with Crippen molar-refractivity contribution in [2.24, 2.45) is 5.73 Å². The molecule has 2 N–H and O–H groups in total. The van der Waals surface area contributed by atoms with Crippen LogP contribution in [0.25, 0.3) is 0 Å². The van der Waals surface area contributed by atoms with Crippen molar-refractivity contribution in [1.82, 2.24) is 9.97 Å². The van der Waals surface area contributed by atoms with E-state index in [4.69, 9.17) is 10.5 Å². The molecule has 2 rings (SSSR count). The lowest BCUT2D eigenvalue weighted by Crippen LogP contribution is -2.03. The van der Waals surface area contributed by atoms with E-state index in [1.807, 2.05) is 31.2 Å². The molecule has 0 saturated carbocycles. The number of hydrogen-bond acceptors (Lipinski definition) is 4. The summed E-state index contributed by atoms with van der Waals surface area (Å²) in [6, 6.07) is 8.06. The smallest absolute Gasteiger partial charge is 0.322 e. The number of aromatic nitrogens is 2. The second kappa shape index (κ2) is 6.33. The molecule has 0 unspecified atom stereocenters. The van der Waals surface area contributed by atoms with Crippen molar-refractivity contribution in [2.45, 2.75) is 33.2 Å². The van der Waals surface area contributed by atoms with Crippen LogP contribution in [0.5, 0.6) is 11.8 Å². The molecule has 5 heteroatoms. The van der Waals surface area contributed by atoms with Gasteiger partial charge in [-0.25, -0.2) is 4.98 Å². The molecule has 0 saturated heterocycles. The van der Waals surface area contributed by atoms with Crippen LogP contribution in [-0.4, -0.2) is 9.97 Å². The second-order valence-corrected chi connectivity index (χ2v) is 5.85. The van der Waals surface area contributed by atoms with Crippen LogP contribution < -0.4 is 10.5 Å². The van der Waals surface area contributed by atoms with Gasteiger partial charge in [0.05, 0.1) is 5.69 Å². The molecule has 106 valence electrons. The summed E-state index contributed by atoms with van der Waals surface area (Å²) >= 11 is 3.42. The third kappa shape index (κ3) is 3.55. The maximum absolute atomic E-state index is 5.80. The SMILES string of the molecule is Cc1cc(C(C)C)nc(Oc2ccc(Br)cc2CN)n1. The van der Waals surface area contributed by atoms with E-state index in [0.29, 0.717) is 24.2 Å². The van der Waals surface area contributed by atoms with Gasteiger partial charge in [-0.05, 0) is 37.1 Å². The van der Waals surface area contributed by atoms with Crippen LogP contribution in [0, 0.1) is 6.92 Å². The van der Waals surface area contributed by atoms with Gasteiger partial charge >= 0.3 is 6.01 Å². The first-order valence-electron chi connectivity index (χ1n) is 6.51. The van der Waals surface area contributed by atoms with E-state index in [0.717, 1.165) is 21.4 Å². The normalized spacial score (nSPS) is 10.9. The highest BCUT2D eigenvalue weighted by molar-refractivity contribution is 9.10. The molecule has 0 radical (unpaired) electrons. The molecule has 20 heavy (non-hydrogen) atoms. The third-order valence-electron chi connectivity index (χ3n) is 2.89. The summed E-state index contributed by atoms with van der Waals surface area (Å²) in [7, 11) is 0. The molecule has 0 aliphatic heterocycles. The van der Waals surface area contributed by atoms with Crippen molar-refractivity contribution in [3.63, 3.8) is 0 Å². The number of rotatable bonds is 4. The van der Waals surface area contributed by atoms with Crippen molar-refractivity contribution < 1.29 is 4.74 Å². The summed E-state index contributed by atoms with van der Waals surface area (Å²) in [6.07, 6.45) is 0. The van der Waals surface area contributed by atoms with Crippen LogP contribution in [0.15, 0.2) is 28.7 Å². The lowest BCUT2D eigenvalue weighted by atomic mass is 10.1. The van der Waals surface area contributed by atoms with E-state index in [1.165, 1.54) is 0 Å². The first kappa shape index (κ1) is 14.9. The van der Waals surface area contributed by atoms with Crippen LogP contribution in [0.1, 0.15) is 36.7 Å². The summed E-state index contributed by atoms with van der Waals surface area (Å²) in [5.74, 6) is 1.02. The number of hydrogen-bond donors (Lipinski definition) is 1. The van der Waals surface area contributed by atoms with Crippen LogP contribution >= 0.6 is 15.9 Å². The van der Waals surface area contributed by atoms with E-state index < -0.39 is 0 Å². The van der Waals surface area contributed by atoms with E-state index in [9.17, 15) is 0 Å². The Morgan fingerprint density at radius 1 is 1.25 bits per heavy atom. The Balaban J connectivity index is 2.34. The van der Waals surface area contributed by atoms with Crippen LogP contribution in [0.3, 0.4) is 0 Å². The first-order valence-corrected chi connectivity index (χ1v) is 7.31. The molecule has 0 bridgehead atoms. The van der Waals surface area contributed by atoms with Gasteiger partial charge in [-0.2, -0.15) is 4.98 Å². The fourth-order valence-electron chi connectivity index (χ4n) is 1.81. The first-order chi connectivity index (χ1) is 9.49. The highest BCUT2D eigenvalue weighted by Crippen LogP contribution is 2.27. The summed E-state index contributed by atoms with van der Waals surface area (Å²) in [5, 5.41) is 0. The topological polar surface area (TPSA) is 61.0 Å². The van der Waals surface area contributed by atoms with Gasteiger partial charge in [0.15, 0.2) is 0 Å². The molecule has 4 nitrogen and oxygen atoms in total. The molecular formula is C15H18BrN3O. The lowest BCUT2D eigenvalue weighted by Gasteiger charge is -2.11. The van der Waals surface area contributed by atoms with Gasteiger partial charge in [0.1, 0.15) is 5.75 Å². The molecule has 0 fully saturated rings. The van der Waals surface area contributed by atoms with Crippen molar-refractivity contribution in [3.8, 4) is 11.8 Å². The predicted octanol–water partition coefficient (Wildman–Crippen LogP) is 3.92. The maximum atomic E-state index is 5.80. The highest BCUT2D eigenvalue weighted by atomic mass is 79.9. The maximum Gasteiger partial charge on any atom is 0.322 e. The quantitative estimate of drug-likeness (QED) is 0.919. The second-order valence-electron chi connectivity index (χ2n) is 4.93. The monoisotopic (exact) mass is 335 g/mol. The van der Waals surface area contributed by atoms with Crippen LogP contribution in [0.4, 0.5) is 0 Å². The number of aryl methyl sites for hydroxylation is 1. The van der Waals surface area contributed by atoms with Gasteiger partial charge in [0.2, 0.25) is 0 Å². The van der Waals surface area contributed by atoms with Crippen molar-refractivity contribution >= 4 is 15.9 Å². The Morgan fingerprint density at radius 3 is 2.65 bits per heavy atom. The third-order valence-corrected chi connectivity index (χ3v) is 3.38. The highest BCUT2D eigenvalue weighted by Gasteiger charge is 2.10. The fourth-order valence-corrected chi connectivity index (χ4v) is 2.22. The minimum Gasteiger partial charge on any atom is -0.424 e. The minimum atomic E-state index is 0.331. The van der Waals surface area contributed by atoms with E-state index in [-0.39, 0.29) is 0 Å². The fraction of sp³-hybridized carbons (Fsp3) is 0.333. The largest absolute Gasteiger partial charge is 0.424 e. The Bertz CT molecular complexity index is 614. The molecule has 0 aliphatic rings. The van der Waals surface area contributed by atoms with E-state index in [1.54, 1.807) is 0 Å². The van der Waals surface area contributed by atoms with E-state index in [2.05, 4.69) is 39.7 Å². The van der Waals surface area contributed by atoms with Gasteiger partial charge in [0, 0.05) is 22.3 Å². The van der Waals surface area contributed by atoms with Crippen LogP contribution in [-0.2, 0) is 6.54 Å². The standard InChI is InChI=1S/C15H18BrN3O/c1-9(2)13-6-10(3)18-15(19-13)20-14-5-4-12(16)7-11(14)8-17/h4-7,9H,8,17H2,1-3H3. The molecule has 0 amide bonds. The van der Waals surface area contributed by atoms with Gasteiger partial charge in [0.25, 0.3) is 0 Å². The van der Waals surface area contributed by atoms with Gasteiger partial charge < -0.3 is 10.5 Å². The van der Waals surface area contributed by atoms with E-state index >= 15 is 0 Å². The Morgan fingerprint density at radius 2 is 2.00 bits per heavy atom. The number of ether oxygens (including phenoxy) is 1. The van der Waals surface area contributed by atoms with Crippen molar-refractivity contribution in [3.05, 3.63) is 45.7 Å². The Labute approximate surface area is 127 Å². The average Bonchev–Trinajstić information content (AvgIpc) is 2.40. The van der Waals surface area contributed by atoms with Gasteiger partial charge in [-0.3, -0.25) is 0 Å². The summed E-state index contributed by atoms with van der Waals surface area (Å²) in [4.78, 5) is 8.76. The molecule has 1 aromatic heterocycles. The molecule has 0 aliphatic carbocycles. The van der Waals surface area contributed by atoms with Crippen LogP contribution in [0.2, 0.25) is 0 Å². The Kier molecular flexibility index (Phi) is 4.73. The lowest BCUT2D eigenvalue weighted by molar-refractivity contribution is 0.431. The number of nitrogens with zero attached hydrogens (tertiary/aromatic N) is 2. The molecule has 2 aromatic rings. The number of halogens is 1. The summed E-state index contributed by atoms with van der Waals surface area (Å²) < 4.78 is 6.77. The zero-order valence-electron chi connectivity index (χ0n) is 11.9. The summed E-state index contributed by atoms with van der Waals surface area (Å²) in [5.41, 5.74) is 8.52. The summed E-state index contributed by atoms with van der Waals surface area (Å²) in [6.45, 7) is 6.52. The predicted molar refractivity (Wildman–Crippen MR) is 83.0 cm³/mol. The molecule has 1 heterocycles. The zero-order valence-corrected chi connectivity index (χ0v) is 13.4. The molecule has 0 spiro atoms. The average molecular weight is 336 g/mol. The number of nitrogens with two attached hydrogens (primary N) is 1. The molecule has 1 aromatic carbocycles. The minimum absolute atomic E-state index is 0.331.